The summed E-state index contributed by atoms with van der Waals surface area (Å²) in [5, 5.41) is 12.4. The fraction of sp³-hybridized carbons (Fsp3) is 0.571. The molecule has 19 heavy (non-hydrogen) atoms. The normalized spacial score (nSPS) is 23.1. The van der Waals surface area contributed by atoms with Crippen LogP contribution in [0.3, 0.4) is 0 Å². The van der Waals surface area contributed by atoms with Crippen LogP contribution in [0.4, 0.5) is 5.00 Å². The van der Waals surface area contributed by atoms with Gasteiger partial charge in [-0.2, -0.15) is 0 Å². The number of anilines is 1. The van der Waals surface area contributed by atoms with Crippen LogP contribution in [0.2, 0.25) is 0 Å². The van der Waals surface area contributed by atoms with E-state index in [-0.39, 0.29) is 17.4 Å². The maximum atomic E-state index is 12.2. The summed E-state index contributed by atoms with van der Waals surface area (Å²) in [4.78, 5) is 24.1. The van der Waals surface area contributed by atoms with Crippen LogP contribution in [-0.2, 0) is 4.79 Å². The molecule has 2 N–H and O–H groups in total. The summed E-state index contributed by atoms with van der Waals surface area (Å²) in [7, 11) is 0. The van der Waals surface area contributed by atoms with Crippen LogP contribution in [0, 0.1) is 18.8 Å². The monoisotopic (exact) mass is 281 g/mol. The summed E-state index contributed by atoms with van der Waals surface area (Å²) in [6.07, 6.45) is 3.96. The number of aromatic carboxylic acids is 1. The number of carboxylic acid groups (broad SMARTS) is 1. The van der Waals surface area contributed by atoms with Gasteiger partial charge in [-0.3, -0.25) is 4.79 Å². The van der Waals surface area contributed by atoms with E-state index in [2.05, 4.69) is 12.2 Å². The molecule has 0 saturated heterocycles. The fourth-order valence-corrected chi connectivity index (χ4v) is 3.41. The summed E-state index contributed by atoms with van der Waals surface area (Å²) in [5.74, 6) is -0.295. The minimum absolute atomic E-state index is 0.0280. The summed E-state index contributed by atoms with van der Waals surface area (Å²) >= 11 is 1.32. The summed E-state index contributed by atoms with van der Waals surface area (Å²) < 4.78 is 0. The van der Waals surface area contributed by atoms with Gasteiger partial charge >= 0.3 is 5.97 Å². The molecule has 0 aliphatic heterocycles. The zero-order chi connectivity index (χ0) is 14.0. The van der Waals surface area contributed by atoms with Crippen molar-refractivity contribution in [2.24, 2.45) is 11.8 Å². The lowest BCUT2D eigenvalue weighted by Crippen LogP contribution is -2.26. The van der Waals surface area contributed by atoms with Crippen molar-refractivity contribution in [1.82, 2.24) is 0 Å². The molecule has 5 heteroatoms. The molecule has 1 amide bonds. The Morgan fingerprint density at radius 3 is 2.53 bits per heavy atom. The lowest BCUT2D eigenvalue weighted by atomic mass is 9.82. The average Bonchev–Trinajstić information content (AvgIpc) is 2.71. The second-order valence-electron chi connectivity index (χ2n) is 5.35. The third-order valence-corrected chi connectivity index (χ3v) is 4.67. The molecule has 0 atom stereocenters. The van der Waals surface area contributed by atoms with Crippen molar-refractivity contribution < 1.29 is 14.7 Å². The summed E-state index contributed by atoms with van der Waals surface area (Å²) in [5.41, 5.74) is 0.194. The van der Waals surface area contributed by atoms with Crippen LogP contribution in [0.25, 0.3) is 0 Å². The number of hydrogen-bond donors (Lipinski definition) is 2. The Bertz CT molecular complexity index is 487. The van der Waals surface area contributed by atoms with E-state index in [1.165, 1.54) is 11.3 Å². The molecule has 0 unspecified atom stereocenters. The summed E-state index contributed by atoms with van der Waals surface area (Å²) in [6.45, 7) is 4.05. The molecule has 0 bridgehead atoms. The molecule has 4 nitrogen and oxygen atoms in total. The van der Waals surface area contributed by atoms with Crippen molar-refractivity contribution in [3.05, 3.63) is 16.5 Å². The zero-order valence-electron chi connectivity index (χ0n) is 11.2. The van der Waals surface area contributed by atoms with Gasteiger partial charge in [-0.15, -0.1) is 11.3 Å². The van der Waals surface area contributed by atoms with Gasteiger partial charge in [-0.25, -0.2) is 4.79 Å². The predicted octanol–water partition coefficient (Wildman–Crippen LogP) is 3.52. The lowest BCUT2D eigenvalue weighted by molar-refractivity contribution is -0.120. The third kappa shape index (κ3) is 3.35. The van der Waals surface area contributed by atoms with Crippen molar-refractivity contribution in [1.29, 1.82) is 0 Å². The van der Waals surface area contributed by atoms with E-state index in [1.807, 2.05) is 6.92 Å². The molecular formula is C14H19NO3S. The number of aryl methyl sites for hydroxylation is 1. The number of hydrogen-bond acceptors (Lipinski definition) is 3. The molecule has 1 heterocycles. The van der Waals surface area contributed by atoms with Crippen molar-refractivity contribution in [2.45, 2.75) is 39.5 Å². The predicted molar refractivity (Wildman–Crippen MR) is 75.8 cm³/mol. The van der Waals surface area contributed by atoms with Gasteiger partial charge in [0.1, 0.15) is 5.00 Å². The molecule has 104 valence electrons. The van der Waals surface area contributed by atoms with Gasteiger partial charge in [-0.1, -0.05) is 6.92 Å². The second kappa shape index (κ2) is 5.74. The number of thiophene rings is 1. The fourth-order valence-electron chi connectivity index (χ4n) is 2.50. The third-order valence-electron chi connectivity index (χ3n) is 3.71. The highest BCUT2D eigenvalue weighted by atomic mass is 32.1. The molecule has 1 aliphatic carbocycles. The van der Waals surface area contributed by atoms with E-state index < -0.39 is 5.97 Å². The number of nitrogens with one attached hydrogen (secondary N) is 1. The second-order valence-corrected chi connectivity index (χ2v) is 6.61. The van der Waals surface area contributed by atoms with Crippen LogP contribution < -0.4 is 5.32 Å². The Kier molecular flexibility index (Phi) is 4.24. The smallest absolute Gasteiger partial charge is 0.338 e. The quantitative estimate of drug-likeness (QED) is 0.890. The number of carbonyl (C=O) groups excluding carboxylic acids is 1. The van der Waals surface area contributed by atoms with E-state index in [1.54, 1.807) is 6.07 Å². The minimum atomic E-state index is -0.989. The largest absolute Gasteiger partial charge is 0.478 e. The van der Waals surface area contributed by atoms with Gasteiger partial charge in [0, 0.05) is 10.8 Å². The average molecular weight is 281 g/mol. The Morgan fingerprint density at radius 2 is 1.95 bits per heavy atom. The molecule has 1 aromatic rings. The Balaban J connectivity index is 2.04. The first kappa shape index (κ1) is 14.1. The molecule has 0 spiro atoms. The number of carbonyl (C=O) groups is 2. The lowest BCUT2D eigenvalue weighted by Gasteiger charge is -2.25. The van der Waals surface area contributed by atoms with Crippen molar-refractivity contribution in [2.75, 3.05) is 5.32 Å². The SMILES string of the molecule is Cc1cc(C(=O)O)c(NC(=O)C2CCC(C)CC2)s1. The zero-order valence-corrected chi connectivity index (χ0v) is 12.0. The molecule has 1 saturated carbocycles. The van der Waals surface area contributed by atoms with Crippen molar-refractivity contribution >= 4 is 28.2 Å². The van der Waals surface area contributed by atoms with Crippen LogP contribution in [0.15, 0.2) is 6.07 Å². The number of rotatable bonds is 3. The Hall–Kier alpha value is -1.36. The van der Waals surface area contributed by atoms with Crippen LogP contribution in [-0.4, -0.2) is 17.0 Å². The summed E-state index contributed by atoms with van der Waals surface area (Å²) in [6, 6.07) is 1.60. The van der Waals surface area contributed by atoms with E-state index in [0.717, 1.165) is 30.6 Å². The first-order valence-corrected chi connectivity index (χ1v) is 7.43. The van der Waals surface area contributed by atoms with E-state index in [9.17, 15) is 9.59 Å². The molecular weight excluding hydrogens is 262 g/mol. The first-order chi connectivity index (χ1) is 8.97. The Labute approximate surface area is 116 Å². The Morgan fingerprint density at radius 1 is 1.32 bits per heavy atom. The minimum Gasteiger partial charge on any atom is -0.478 e. The molecule has 2 rings (SSSR count). The maximum Gasteiger partial charge on any atom is 0.338 e. The highest BCUT2D eigenvalue weighted by molar-refractivity contribution is 7.16. The van der Waals surface area contributed by atoms with Crippen molar-refractivity contribution in [3.8, 4) is 0 Å². The molecule has 1 aliphatic rings. The maximum absolute atomic E-state index is 12.2. The van der Waals surface area contributed by atoms with Crippen LogP contribution in [0.1, 0.15) is 47.8 Å². The first-order valence-electron chi connectivity index (χ1n) is 6.62. The highest BCUT2D eigenvalue weighted by Crippen LogP contribution is 2.32. The molecule has 1 fully saturated rings. The van der Waals surface area contributed by atoms with E-state index in [4.69, 9.17) is 5.11 Å². The number of carboxylic acids is 1. The van der Waals surface area contributed by atoms with Gasteiger partial charge < -0.3 is 10.4 Å². The van der Waals surface area contributed by atoms with Gasteiger partial charge in [0.2, 0.25) is 5.91 Å². The van der Waals surface area contributed by atoms with E-state index >= 15 is 0 Å². The van der Waals surface area contributed by atoms with Crippen LogP contribution in [0.5, 0.6) is 0 Å². The topological polar surface area (TPSA) is 66.4 Å². The van der Waals surface area contributed by atoms with Gasteiger partial charge in [-0.05, 0) is 44.6 Å². The molecule has 1 aromatic heterocycles. The highest BCUT2D eigenvalue weighted by Gasteiger charge is 2.26. The number of amides is 1. The van der Waals surface area contributed by atoms with Gasteiger partial charge in [0.05, 0.1) is 5.56 Å². The standard InChI is InChI=1S/C14H19NO3S/c1-8-3-5-10(6-4-8)12(16)15-13-11(14(17)18)7-9(2)19-13/h7-8,10H,3-6H2,1-2H3,(H,15,16)(H,17,18). The molecule has 0 aromatic carbocycles. The molecule has 0 radical (unpaired) electrons. The van der Waals surface area contributed by atoms with Gasteiger partial charge in [0.15, 0.2) is 0 Å². The van der Waals surface area contributed by atoms with Crippen LogP contribution >= 0.6 is 11.3 Å². The van der Waals surface area contributed by atoms with Crippen molar-refractivity contribution in [3.63, 3.8) is 0 Å². The van der Waals surface area contributed by atoms with E-state index in [0.29, 0.717) is 10.9 Å². The van der Waals surface area contributed by atoms with Gasteiger partial charge in [0.25, 0.3) is 0 Å².